The molecular formula is C14H24N4. The summed E-state index contributed by atoms with van der Waals surface area (Å²) in [5.41, 5.74) is 2.61. The molecule has 1 atom stereocenters. The van der Waals surface area contributed by atoms with Gasteiger partial charge in [-0.3, -0.25) is 0 Å². The first-order valence-electron chi connectivity index (χ1n) is 7.39. The lowest BCUT2D eigenvalue weighted by atomic mass is 10.0. The highest BCUT2D eigenvalue weighted by atomic mass is 15.4. The van der Waals surface area contributed by atoms with E-state index in [0.717, 1.165) is 12.5 Å². The van der Waals surface area contributed by atoms with Gasteiger partial charge in [0.25, 0.3) is 0 Å². The summed E-state index contributed by atoms with van der Waals surface area (Å²) in [5, 5.41) is 12.1. The van der Waals surface area contributed by atoms with Crippen molar-refractivity contribution in [1.82, 2.24) is 20.3 Å². The first-order chi connectivity index (χ1) is 8.81. The van der Waals surface area contributed by atoms with Crippen LogP contribution < -0.4 is 5.32 Å². The molecule has 18 heavy (non-hydrogen) atoms. The molecule has 2 aliphatic rings. The van der Waals surface area contributed by atoms with Crippen molar-refractivity contribution < 1.29 is 0 Å². The van der Waals surface area contributed by atoms with E-state index in [1.165, 1.54) is 49.9 Å². The molecule has 1 unspecified atom stereocenters. The summed E-state index contributed by atoms with van der Waals surface area (Å²) in [4.78, 5) is 0. The van der Waals surface area contributed by atoms with Crippen LogP contribution in [0.15, 0.2) is 0 Å². The van der Waals surface area contributed by atoms with Gasteiger partial charge in [0.15, 0.2) is 0 Å². The standard InChI is InChI=1S/C14H24N4/c1-10(11-7-8-11)18-14(12-5-3-4-6-12)13(9-15-2)16-17-18/h10-12,15H,3-9H2,1-2H3. The molecule has 2 saturated carbocycles. The second-order valence-corrected chi connectivity index (χ2v) is 5.96. The zero-order valence-electron chi connectivity index (χ0n) is 11.5. The summed E-state index contributed by atoms with van der Waals surface area (Å²) in [6.45, 7) is 3.16. The van der Waals surface area contributed by atoms with E-state index in [1.807, 2.05) is 7.05 Å². The molecule has 0 aromatic carbocycles. The maximum atomic E-state index is 4.47. The molecule has 0 radical (unpaired) electrons. The highest BCUT2D eigenvalue weighted by Gasteiger charge is 2.34. The van der Waals surface area contributed by atoms with Gasteiger partial charge in [-0.15, -0.1) is 5.10 Å². The summed E-state index contributed by atoms with van der Waals surface area (Å²) in [5.74, 6) is 1.54. The van der Waals surface area contributed by atoms with Gasteiger partial charge in [0.2, 0.25) is 0 Å². The Morgan fingerprint density at radius 1 is 1.28 bits per heavy atom. The molecule has 1 heterocycles. The highest BCUT2D eigenvalue weighted by molar-refractivity contribution is 5.18. The number of aromatic nitrogens is 3. The van der Waals surface area contributed by atoms with Crippen LogP contribution in [0.4, 0.5) is 0 Å². The molecule has 0 amide bonds. The summed E-state index contributed by atoms with van der Waals surface area (Å²) < 4.78 is 2.25. The molecule has 0 spiro atoms. The Morgan fingerprint density at radius 2 is 2.00 bits per heavy atom. The van der Waals surface area contributed by atoms with Crippen LogP contribution in [0.3, 0.4) is 0 Å². The average molecular weight is 248 g/mol. The van der Waals surface area contributed by atoms with E-state index < -0.39 is 0 Å². The molecule has 2 fully saturated rings. The molecule has 2 aliphatic carbocycles. The van der Waals surface area contributed by atoms with Gasteiger partial charge in [-0.25, -0.2) is 4.68 Å². The summed E-state index contributed by atoms with van der Waals surface area (Å²) in [7, 11) is 1.99. The molecule has 4 nitrogen and oxygen atoms in total. The zero-order chi connectivity index (χ0) is 12.5. The molecule has 100 valence electrons. The first kappa shape index (κ1) is 12.2. The largest absolute Gasteiger partial charge is 0.314 e. The normalized spacial score (nSPS) is 22.6. The predicted octanol–water partition coefficient (Wildman–Crippen LogP) is 2.63. The maximum Gasteiger partial charge on any atom is 0.0999 e. The lowest BCUT2D eigenvalue weighted by molar-refractivity contribution is 0.404. The van der Waals surface area contributed by atoms with Crippen molar-refractivity contribution in [3.05, 3.63) is 11.4 Å². The summed E-state index contributed by atoms with van der Waals surface area (Å²) in [6, 6.07) is 0.540. The van der Waals surface area contributed by atoms with E-state index in [0.29, 0.717) is 12.0 Å². The Kier molecular flexibility index (Phi) is 3.37. The van der Waals surface area contributed by atoms with Crippen molar-refractivity contribution >= 4 is 0 Å². The Hall–Kier alpha value is -0.900. The minimum atomic E-state index is 0.540. The smallest absolute Gasteiger partial charge is 0.0999 e. The number of nitrogens with one attached hydrogen (secondary N) is 1. The quantitative estimate of drug-likeness (QED) is 0.871. The second-order valence-electron chi connectivity index (χ2n) is 5.96. The van der Waals surface area contributed by atoms with Crippen molar-refractivity contribution in [2.45, 2.75) is 64.0 Å². The summed E-state index contributed by atoms with van der Waals surface area (Å²) in [6.07, 6.45) is 8.11. The topological polar surface area (TPSA) is 42.7 Å². The van der Waals surface area contributed by atoms with Gasteiger partial charge in [0, 0.05) is 12.5 Å². The Morgan fingerprint density at radius 3 is 2.61 bits per heavy atom. The van der Waals surface area contributed by atoms with Crippen molar-refractivity contribution in [3.8, 4) is 0 Å². The van der Waals surface area contributed by atoms with Gasteiger partial charge in [-0.1, -0.05) is 18.1 Å². The van der Waals surface area contributed by atoms with Crippen LogP contribution >= 0.6 is 0 Å². The predicted molar refractivity (Wildman–Crippen MR) is 71.4 cm³/mol. The van der Waals surface area contributed by atoms with Crippen molar-refractivity contribution in [1.29, 1.82) is 0 Å². The fraction of sp³-hybridized carbons (Fsp3) is 0.857. The molecule has 0 bridgehead atoms. The lowest BCUT2D eigenvalue weighted by Crippen LogP contribution is -2.16. The van der Waals surface area contributed by atoms with Crippen LogP contribution in [0, 0.1) is 5.92 Å². The van der Waals surface area contributed by atoms with E-state index >= 15 is 0 Å². The lowest BCUT2D eigenvalue weighted by Gasteiger charge is -2.18. The Bertz CT molecular complexity index is 402. The molecule has 1 aromatic heterocycles. The maximum absolute atomic E-state index is 4.47. The van der Waals surface area contributed by atoms with E-state index in [4.69, 9.17) is 0 Å². The van der Waals surface area contributed by atoms with Crippen LogP contribution in [-0.4, -0.2) is 22.0 Å². The molecule has 4 heteroatoms. The van der Waals surface area contributed by atoms with Crippen molar-refractivity contribution in [2.75, 3.05) is 7.05 Å². The van der Waals surface area contributed by atoms with Gasteiger partial charge in [-0.2, -0.15) is 0 Å². The number of hydrogen-bond acceptors (Lipinski definition) is 3. The molecular weight excluding hydrogens is 224 g/mol. The minimum Gasteiger partial charge on any atom is -0.314 e. The third-order valence-corrected chi connectivity index (χ3v) is 4.58. The molecule has 3 rings (SSSR count). The summed E-state index contributed by atoms with van der Waals surface area (Å²) >= 11 is 0. The van der Waals surface area contributed by atoms with E-state index in [2.05, 4.69) is 27.2 Å². The monoisotopic (exact) mass is 248 g/mol. The Labute approximate surface area is 109 Å². The fourth-order valence-electron chi connectivity index (χ4n) is 3.33. The third kappa shape index (κ3) is 2.18. The molecule has 1 N–H and O–H groups in total. The second kappa shape index (κ2) is 5.00. The van der Waals surface area contributed by atoms with E-state index in [1.54, 1.807) is 0 Å². The molecule has 0 aliphatic heterocycles. The molecule has 0 saturated heterocycles. The fourth-order valence-corrected chi connectivity index (χ4v) is 3.33. The van der Waals surface area contributed by atoms with Gasteiger partial charge >= 0.3 is 0 Å². The highest BCUT2D eigenvalue weighted by Crippen LogP contribution is 2.42. The van der Waals surface area contributed by atoms with Crippen molar-refractivity contribution in [2.24, 2.45) is 5.92 Å². The van der Waals surface area contributed by atoms with Crippen LogP contribution in [0.1, 0.15) is 68.8 Å². The zero-order valence-corrected chi connectivity index (χ0v) is 11.5. The van der Waals surface area contributed by atoms with Gasteiger partial charge < -0.3 is 5.32 Å². The first-order valence-corrected chi connectivity index (χ1v) is 7.39. The van der Waals surface area contributed by atoms with Crippen LogP contribution in [0.5, 0.6) is 0 Å². The van der Waals surface area contributed by atoms with Crippen LogP contribution in [0.25, 0.3) is 0 Å². The Balaban J connectivity index is 1.91. The van der Waals surface area contributed by atoms with Gasteiger partial charge in [0.05, 0.1) is 17.4 Å². The number of nitrogens with zero attached hydrogens (tertiary/aromatic N) is 3. The van der Waals surface area contributed by atoms with Gasteiger partial charge in [0.1, 0.15) is 0 Å². The van der Waals surface area contributed by atoms with E-state index in [-0.39, 0.29) is 0 Å². The van der Waals surface area contributed by atoms with Crippen LogP contribution in [0.2, 0.25) is 0 Å². The van der Waals surface area contributed by atoms with Crippen molar-refractivity contribution in [3.63, 3.8) is 0 Å². The number of rotatable bonds is 5. The third-order valence-electron chi connectivity index (χ3n) is 4.58. The molecule has 1 aromatic rings. The SMILES string of the molecule is CNCc1nnn(C(C)C2CC2)c1C1CCCC1. The van der Waals surface area contributed by atoms with Gasteiger partial charge in [-0.05, 0) is 45.6 Å². The van der Waals surface area contributed by atoms with E-state index in [9.17, 15) is 0 Å². The minimum absolute atomic E-state index is 0.540. The van der Waals surface area contributed by atoms with Crippen LogP contribution in [-0.2, 0) is 6.54 Å². The number of hydrogen-bond donors (Lipinski definition) is 1. The average Bonchev–Trinajstić information content (AvgIpc) is 2.92.